The molecule has 3 N–H and O–H groups in total. The van der Waals surface area contributed by atoms with E-state index >= 15 is 0 Å². The van der Waals surface area contributed by atoms with Crippen molar-refractivity contribution in [1.29, 1.82) is 0 Å². The van der Waals surface area contributed by atoms with Gasteiger partial charge in [0.25, 0.3) is 0 Å². The van der Waals surface area contributed by atoms with Crippen LogP contribution in [0.5, 0.6) is 0 Å². The molecule has 2 aromatic carbocycles. The van der Waals surface area contributed by atoms with Crippen molar-refractivity contribution in [3.05, 3.63) is 83.3 Å². The fraction of sp³-hybridized carbons (Fsp3) is 0.208. The van der Waals surface area contributed by atoms with Gasteiger partial charge in [-0.05, 0) is 48.9 Å². The van der Waals surface area contributed by atoms with Gasteiger partial charge in [0.15, 0.2) is 11.5 Å². The lowest BCUT2D eigenvalue weighted by Gasteiger charge is -2.07. The molecule has 0 saturated heterocycles. The largest absolute Gasteiger partial charge is 0.366 e. The highest BCUT2D eigenvalue weighted by molar-refractivity contribution is 5.95. The Morgan fingerprint density at radius 2 is 2.00 bits per heavy atom. The van der Waals surface area contributed by atoms with Crippen molar-refractivity contribution in [3.8, 4) is 11.3 Å². The molecular formula is C24H23N5O. The van der Waals surface area contributed by atoms with Gasteiger partial charge in [-0.15, -0.1) is 0 Å². The maximum absolute atomic E-state index is 11.8. The number of benzene rings is 2. The van der Waals surface area contributed by atoms with Crippen LogP contribution in [0.25, 0.3) is 16.9 Å². The number of carbonyl (C=O) groups excluding carboxylic acids is 1. The monoisotopic (exact) mass is 397 g/mol. The molecule has 0 aliphatic heterocycles. The standard InChI is InChI=1S/C24H23N5O/c1-15-2-4-16(5-3-15)13-27-23-24-28-21(14-29(24)11-10-26-23)18-8-9-19(22(25)30)20(12-18)17-6-7-17/h2-5,8-12,14,17H,6-7,13H2,1H3,(H2,25,30)(H,26,27). The van der Waals surface area contributed by atoms with Gasteiger partial charge in [0.1, 0.15) is 0 Å². The number of aromatic nitrogens is 3. The van der Waals surface area contributed by atoms with Crippen LogP contribution in [-0.4, -0.2) is 20.3 Å². The number of hydrogen-bond donors (Lipinski definition) is 2. The Balaban J connectivity index is 1.47. The summed E-state index contributed by atoms with van der Waals surface area (Å²) >= 11 is 0. The van der Waals surface area contributed by atoms with Gasteiger partial charge in [0.2, 0.25) is 5.91 Å². The number of nitrogens with two attached hydrogens (primary N) is 1. The zero-order valence-electron chi connectivity index (χ0n) is 16.8. The fourth-order valence-electron chi connectivity index (χ4n) is 3.75. The molecule has 2 heterocycles. The molecule has 4 aromatic rings. The Labute approximate surface area is 174 Å². The summed E-state index contributed by atoms with van der Waals surface area (Å²) in [5.41, 5.74) is 12.2. The molecule has 1 aliphatic carbocycles. The molecule has 30 heavy (non-hydrogen) atoms. The maximum atomic E-state index is 11.8. The zero-order valence-corrected chi connectivity index (χ0v) is 16.8. The van der Waals surface area contributed by atoms with Crippen molar-refractivity contribution < 1.29 is 4.79 Å². The second kappa shape index (κ2) is 7.30. The Morgan fingerprint density at radius 1 is 1.20 bits per heavy atom. The molecule has 0 spiro atoms. The number of carbonyl (C=O) groups is 1. The lowest BCUT2D eigenvalue weighted by molar-refractivity contribution is 0.0999. The van der Waals surface area contributed by atoms with Crippen molar-refractivity contribution in [3.63, 3.8) is 0 Å². The number of fused-ring (bicyclic) bond motifs is 1. The molecular weight excluding hydrogens is 374 g/mol. The molecule has 1 amide bonds. The molecule has 0 atom stereocenters. The number of hydrogen-bond acceptors (Lipinski definition) is 4. The molecule has 0 unspecified atom stereocenters. The molecule has 0 bridgehead atoms. The van der Waals surface area contributed by atoms with Gasteiger partial charge < -0.3 is 15.5 Å². The van der Waals surface area contributed by atoms with E-state index in [0.29, 0.717) is 18.0 Å². The van der Waals surface area contributed by atoms with Crippen LogP contribution < -0.4 is 11.1 Å². The van der Waals surface area contributed by atoms with Crippen molar-refractivity contribution in [2.24, 2.45) is 5.73 Å². The first-order chi connectivity index (χ1) is 14.6. The van der Waals surface area contributed by atoms with Crippen molar-refractivity contribution in [2.75, 3.05) is 5.32 Å². The zero-order chi connectivity index (χ0) is 20.7. The quantitative estimate of drug-likeness (QED) is 0.508. The molecule has 6 heteroatoms. The number of nitrogens with one attached hydrogen (secondary N) is 1. The minimum atomic E-state index is -0.370. The normalized spacial score (nSPS) is 13.5. The molecule has 1 fully saturated rings. The minimum Gasteiger partial charge on any atom is -0.366 e. The number of nitrogens with zero attached hydrogens (tertiary/aromatic N) is 3. The van der Waals surface area contributed by atoms with Crippen LogP contribution in [0.2, 0.25) is 0 Å². The third-order valence-electron chi connectivity index (χ3n) is 5.59. The summed E-state index contributed by atoms with van der Waals surface area (Å²) in [7, 11) is 0. The summed E-state index contributed by atoms with van der Waals surface area (Å²) in [4.78, 5) is 21.1. The van der Waals surface area contributed by atoms with Gasteiger partial charge in [0, 0.05) is 36.3 Å². The number of aryl methyl sites for hydroxylation is 1. The fourth-order valence-corrected chi connectivity index (χ4v) is 3.75. The van der Waals surface area contributed by atoms with Crippen LogP contribution in [0, 0.1) is 6.92 Å². The topological polar surface area (TPSA) is 85.3 Å². The average Bonchev–Trinajstić information content (AvgIpc) is 3.51. The first kappa shape index (κ1) is 18.4. The molecule has 150 valence electrons. The first-order valence-electron chi connectivity index (χ1n) is 10.2. The van der Waals surface area contributed by atoms with Gasteiger partial charge in [-0.3, -0.25) is 4.79 Å². The molecule has 6 nitrogen and oxygen atoms in total. The number of primary amides is 1. The van der Waals surface area contributed by atoms with E-state index in [-0.39, 0.29) is 5.91 Å². The number of rotatable bonds is 6. The van der Waals surface area contributed by atoms with Gasteiger partial charge >= 0.3 is 0 Å². The Kier molecular flexibility index (Phi) is 4.47. The third kappa shape index (κ3) is 3.52. The summed E-state index contributed by atoms with van der Waals surface area (Å²) in [6.07, 6.45) is 7.85. The number of imidazole rings is 1. The van der Waals surface area contributed by atoms with E-state index in [1.807, 2.05) is 28.9 Å². The molecule has 1 aliphatic rings. The average molecular weight is 397 g/mol. The smallest absolute Gasteiger partial charge is 0.248 e. The Morgan fingerprint density at radius 3 is 2.73 bits per heavy atom. The highest BCUT2D eigenvalue weighted by Gasteiger charge is 2.28. The summed E-state index contributed by atoms with van der Waals surface area (Å²) in [5, 5.41) is 3.40. The predicted octanol–water partition coefficient (Wildman–Crippen LogP) is 4.29. The molecule has 1 saturated carbocycles. The van der Waals surface area contributed by atoms with Crippen LogP contribution >= 0.6 is 0 Å². The van der Waals surface area contributed by atoms with Gasteiger partial charge in [-0.2, -0.15) is 0 Å². The minimum absolute atomic E-state index is 0.370. The summed E-state index contributed by atoms with van der Waals surface area (Å²) in [6.45, 7) is 2.75. The summed E-state index contributed by atoms with van der Waals surface area (Å²) in [5.74, 6) is 0.795. The maximum Gasteiger partial charge on any atom is 0.248 e. The molecule has 0 radical (unpaired) electrons. The summed E-state index contributed by atoms with van der Waals surface area (Å²) < 4.78 is 1.97. The lowest BCUT2D eigenvalue weighted by atomic mass is 9.98. The van der Waals surface area contributed by atoms with E-state index in [0.717, 1.165) is 41.1 Å². The second-order valence-corrected chi connectivity index (χ2v) is 7.91. The highest BCUT2D eigenvalue weighted by Crippen LogP contribution is 2.43. The SMILES string of the molecule is Cc1ccc(CNc2nccn3cc(-c4ccc(C(N)=O)c(C5CC5)c4)nc23)cc1. The summed E-state index contributed by atoms with van der Waals surface area (Å²) in [6, 6.07) is 14.2. The van der Waals surface area contributed by atoms with E-state index in [2.05, 4.69) is 47.6 Å². The van der Waals surface area contributed by atoms with Gasteiger partial charge in [-0.1, -0.05) is 35.9 Å². The molecule has 5 rings (SSSR count). The first-order valence-corrected chi connectivity index (χ1v) is 10.2. The van der Waals surface area contributed by atoms with E-state index in [9.17, 15) is 4.79 Å². The van der Waals surface area contributed by atoms with Gasteiger partial charge in [-0.25, -0.2) is 9.97 Å². The van der Waals surface area contributed by atoms with E-state index in [1.165, 1.54) is 11.1 Å². The van der Waals surface area contributed by atoms with Crippen LogP contribution in [-0.2, 0) is 6.54 Å². The van der Waals surface area contributed by atoms with Crippen molar-refractivity contribution in [2.45, 2.75) is 32.2 Å². The third-order valence-corrected chi connectivity index (χ3v) is 5.59. The number of anilines is 1. The lowest BCUT2D eigenvalue weighted by Crippen LogP contribution is -2.13. The van der Waals surface area contributed by atoms with Crippen LogP contribution in [0.15, 0.2) is 61.1 Å². The van der Waals surface area contributed by atoms with E-state index in [1.54, 1.807) is 6.20 Å². The number of amides is 1. The predicted molar refractivity (Wildman–Crippen MR) is 117 cm³/mol. The van der Waals surface area contributed by atoms with Crippen LogP contribution in [0.3, 0.4) is 0 Å². The van der Waals surface area contributed by atoms with Crippen LogP contribution in [0.4, 0.5) is 5.82 Å². The van der Waals surface area contributed by atoms with Crippen molar-refractivity contribution >= 4 is 17.4 Å². The Bertz CT molecular complexity index is 1240. The van der Waals surface area contributed by atoms with E-state index < -0.39 is 0 Å². The van der Waals surface area contributed by atoms with Crippen molar-refractivity contribution in [1.82, 2.24) is 14.4 Å². The highest BCUT2D eigenvalue weighted by atomic mass is 16.1. The second-order valence-electron chi connectivity index (χ2n) is 7.91. The Hall–Kier alpha value is -3.67. The van der Waals surface area contributed by atoms with Crippen LogP contribution in [0.1, 0.15) is 45.8 Å². The van der Waals surface area contributed by atoms with Gasteiger partial charge in [0.05, 0.1) is 5.69 Å². The molecule has 2 aromatic heterocycles. The van der Waals surface area contributed by atoms with E-state index in [4.69, 9.17) is 10.7 Å².